The van der Waals surface area contributed by atoms with E-state index in [1.165, 1.54) is 11.1 Å². The van der Waals surface area contributed by atoms with Gasteiger partial charge >= 0.3 is 0 Å². The van der Waals surface area contributed by atoms with Crippen LogP contribution >= 0.6 is 0 Å². The van der Waals surface area contributed by atoms with E-state index in [4.69, 9.17) is 10.00 Å². The summed E-state index contributed by atoms with van der Waals surface area (Å²) in [5.74, 6) is 0. The van der Waals surface area contributed by atoms with Gasteiger partial charge in [-0.05, 0) is 44.4 Å². The van der Waals surface area contributed by atoms with Crippen LogP contribution in [0.5, 0.6) is 0 Å². The van der Waals surface area contributed by atoms with Gasteiger partial charge in [-0.1, -0.05) is 24.3 Å². The van der Waals surface area contributed by atoms with Gasteiger partial charge in [0, 0.05) is 13.7 Å². The molecule has 104 valence electrons. The summed E-state index contributed by atoms with van der Waals surface area (Å²) in [5.41, 5.74) is 2.27. The highest BCUT2D eigenvalue weighted by molar-refractivity contribution is 5.22. The molecule has 0 atom stereocenters. The Hall–Kier alpha value is -1.37. The third kappa shape index (κ3) is 6.37. The smallest absolute Gasteiger partial charge is 0.0713 e. The van der Waals surface area contributed by atoms with E-state index in [1.54, 1.807) is 7.11 Å². The van der Waals surface area contributed by atoms with E-state index in [2.05, 4.69) is 35.7 Å². The lowest BCUT2D eigenvalue weighted by Gasteiger charge is -2.14. The van der Waals surface area contributed by atoms with Gasteiger partial charge in [-0.15, -0.1) is 0 Å². The van der Waals surface area contributed by atoms with Crippen LogP contribution in [0.2, 0.25) is 0 Å². The number of nitrogens with one attached hydrogen (secondary N) is 1. The average Bonchev–Trinajstić information content (AvgIpc) is 2.39. The van der Waals surface area contributed by atoms with Crippen LogP contribution in [0.4, 0.5) is 0 Å². The first-order valence-corrected chi connectivity index (χ1v) is 6.76. The van der Waals surface area contributed by atoms with Crippen LogP contribution in [0.1, 0.15) is 37.8 Å². The van der Waals surface area contributed by atoms with Crippen molar-refractivity contribution in [1.82, 2.24) is 5.32 Å². The first-order valence-electron chi connectivity index (χ1n) is 6.76. The Morgan fingerprint density at radius 3 is 2.74 bits per heavy atom. The maximum atomic E-state index is 8.93. The maximum absolute atomic E-state index is 8.93. The Labute approximate surface area is 116 Å². The quantitative estimate of drug-likeness (QED) is 0.730. The van der Waals surface area contributed by atoms with E-state index >= 15 is 0 Å². The third-order valence-corrected chi connectivity index (χ3v) is 3.09. The molecule has 19 heavy (non-hydrogen) atoms. The summed E-state index contributed by atoms with van der Waals surface area (Å²) in [6.07, 6.45) is 1.96. The second-order valence-corrected chi connectivity index (χ2v) is 5.53. The number of nitriles is 1. The van der Waals surface area contributed by atoms with Gasteiger partial charge in [0.25, 0.3) is 0 Å². The van der Waals surface area contributed by atoms with Gasteiger partial charge in [-0.2, -0.15) is 5.26 Å². The predicted molar refractivity (Wildman–Crippen MR) is 77.5 cm³/mol. The van der Waals surface area contributed by atoms with Crippen LogP contribution in [0.3, 0.4) is 0 Å². The number of hydrogen-bond acceptors (Lipinski definition) is 3. The Morgan fingerprint density at radius 2 is 2.05 bits per heavy atom. The van der Waals surface area contributed by atoms with E-state index in [0.29, 0.717) is 6.61 Å². The van der Waals surface area contributed by atoms with Gasteiger partial charge in [-0.25, -0.2) is 0 Å². The standard InChI is InChI=1S/C16H24N2O/c1-16(2,13-17)8-5-9-18-11-14-6-4-7-15(10-14)12-19-3/h4,6-7,10,18H,5,8-9,11-12H2,1-3H3. The molecule has 0 radical (unpaired) electrons. The van der Waals surface area contributed by atoms with Gasteiger partial charge in [0.05, 0.1) is 18.1 Å². The van der Waals surface area contributed by atoms with Gasteiger partial charge in [0.1, 0.15) is 0 Å². The molecule has 0 bridgehead atoms. The minimum atomic E-state index is -0.208. The molecule has 0 aliphatic carbocycles. The Kier molecular flexibility index (Phi) is 6.55. The first kappa shape index (κ1) is 15.7. The van der Waals surface area contributed by atoms with Crippen molar-refractivity contribution in [2.24, 2.45) is 5.41 Å². The first-order chi connectivity index (χ1) is 9.07. The van der Waals surface area contributed by atoms with Crippen LogP contribution < -0.4 is 5.32 Å². The van der Waals surface area contributed by atoms with Crippen molar-refractivity contribution in [2.45, 2.75) is 39.8 Å². The highest BCUT2D eigenvalue weighted by Crippen LogP contribution is 2.19. The molecular formula is C16H24N2O. The monoisotopic (exact) mass is 260 g/mol. The van der Waals surface area contributed by atoms with Crippen molar-refractivity contribution < 1.29 is 4.74 Å². The van der Waals surface area contributed by atoms with E-state index < -0.39 is 0 Å². The topological polar surface area (TPSA) is 45.0 Å². The Bertz CT molecular complexity index is 421. The third-order valence-electron chi connectivity index (χ3n) is 3.09. The summed E-state index contributed by atoms with van der Waals surface area (Å²) in [6, 6.07) is 10.7. The molecule has 0 heterocycles. The second-order valence-electron chi connectivity index (χ2n) is 5.53. The number of nitrogens with zero attached hydrogens (tertiary/aromatic N) is 1. The lowest BCUT2D eigenvalue weighted by Crippen LogP contribution is -2.17. The van der Waals surface area contributed by atoms with Crippen molar-refractivity contribution in [3.63, 3.8) is 0 Å². The van der Waals surface area contributed by atoms with Crippen molar-refractivity contribution in [2.75, 3.05) is 13.7 Å². The molecule has 0 saturated heterocycles. The fraction of sp³-hybridized carbons (Fsp3) is 0.562. The fourth-order valence-corrected chi connectivity index (χ4v) is 1.94. The molecule has 3 heteroatoms. The molecule has 1 aromatic carbocycles. The molecule has 1 rings (SSSR count). The van der Waals surface area contributed by atoms with E-state index in [-0.39, 0.29) is 5.41 Å². The summed E-state index contributed by atoms with van der Waals surface area (Å²) in [5, 5.41) is 12.3. The maximum Gasteiger partial charge on any atom is 0.0713 e. The number of methoxy groups -OCH3 is 1. The van der Waals surface area contributed by atoms with Crippen LogP contribution in [0.25, 0.3) is 0 Å². The molecule has 0 aromatic heterocycles. The van der Waals surface area contributed by atoms with Gasteiger partial charge in [0.15, 0.2) is 0 Å². The Balaban J connectivity index is 2.26. The SMILES string of the molecule is COCc1cccc(CNCCCC(C)(C)C#N)c1. The largest absolute Gasteiger partial charge is 0.380 e. The van der Waals surface area contributed by atoms with E-state index in [0.717, 1.165) is 25.9 Å². The van der Waals surface area contributed by atoms with Crippen LogP contribution in [0.15, 0.2) is 24.3 Å². The van der Waals surface area contributed by atoms with Crippen LogP contribution in [-0.2, 0) is 17.9 Å². The molecular weight excluding hydrogens is 236 g/mol. The Morgan fingerprint density at radius 1 is 1.32 bits per heavy atom. The number of benzene rings is 1. The number of rotatable bonds is 8. The minimum absolute atomic E-state index is 0.208. The summed E-state index contributed by atoms with van der Waals surface area (Å²) in [4.78, 5) is 0. The van der Waals surface area contributed by atoms with Gasteiger partial charge in [0.2, 0.25) is 0 Å². The summed E-state index contributed by atoms with van der Waals surface area (Å²) in [6.45, 7) is 6.44. The molecule has 0 aliphatic heterocycles. The van der Waals surface area contributed by atoms with Crippen molar-refractivity contribution in [3.8, 4) is 6.07 Å². The fourth-order valence-electron chi connectivity index (χ4n) is 1.94. The zero-order valence-corrected chi connectivity index (χ0v) is 12.2. The molecule has 1 aromatic rings. The van der Waals surface area contributed by atoms with Crippen LogP contribution in [-0.4, -0.2) is 13.7 Å². The molecule has 0 fully saturated rings. The second kappa shape index (κ2) is 7.93. The average molecular weight is 260 g/mol. The predicted octanol–water partition coefficient (Wildman–Crippen LogP) is 3.25. The van der Waals surface area contributed by atoms with Crippen LogP contribution in [0, 0.1) is 16.7 Å². The molecule has 0 aliphatic rings. The van der Waals surface area contributed by atoms with Gasteiger partial charge < -0.3 is 10.1 Å². The molecule has 0 spiro atoms. The van der Waals surface area contributed by atoms with Gasteiger partial charge in [-0.3, -0.25) is 0 Å². The highest BCUT2D eigenvalue weighted by Gasteiger charge is 2.15. The van der Waals surface area contributed by atoms with Crippen molar-refractivity contribution in [1.29, 1.82) is 5.26 Å². The molecule has 0 amide bonds. The summed E-state index contributed by atoms with van der Waals surface area (Å²) < 4.78 is 5.12. The normalized spacial score (nSPS) is 11.3. The number of hydrogen-bond donors (Lipinski definition) is 1. The van der Waals surface area contributed by atoms with E-state index in [1.807, 2.05) is 13.8 Å². The highest BCUT2D eigenvalue weighted by atomic mass is 16.5. The van der Waals surface area contributed by atoms with Crippen molar-refractivity contribution >= 4 is 0 Å². The minimum Gasteiger partial charge on any atom is -0.380 e. The van der Waals surface area contributed by atoms with E-state index in [9.17, 15) is 0 Å². The summed E-state index contributed by atoms with van der Waals surface area (Å²) >= 11 is 0. The van der Waals surface area contributed by atoms with Crippen molar-refractivity contribution in [3.05, 3.63) is 35.4 Å². The molecule has 1 N–H and O–H groups in total. The zero-order valence-electron chi connectivity index (χ0n) is 12.2. The zero-order chi connectivity index (χ0) is 14.1. The molecule has 3 nitrogen and oxygen atoms in total. The lowest BCUT2D eigenvalue weighted by atomic mass is 9.90. The molecule has 0 saturated carbocycles. The summed E-state index contributed by atoms with van der Waals surface area (Å²) in [7, 11) is 1.71. The molecule has 0 unspecified atom stereocenters. The lowest BCUT2D eigenvalue weighted by molar-refractivity contribution is 0.185. The number of ether oxygens (including phenoxy) is 1.